The number of amides is 1. The molecule has 104 valence electrons. The zero-order valence-electron chi connectivity index (χ0n) is 11.2. The summed E-state index contributed by atoms with van der Waals surface area (Å²) in [6, 6.07) is 10.8. The zero-order chi connectivity index (χ0) is 14.5. The lowest BCUT2D eigenvalue weighted by Gasteiger charge is -2.21. The molecular formula is C15H16ClN3O. The molecule has 0 fully saturated rings. The third kappa shape index (κ3) is 3.27. The van der Waals surface area contributed by atoms with Crippen molar-refractivity contribution in [2.75, 3.05) is 12.3 Å². The average Bonchev–Trinajstić information content (AvgIpc) is 2.46. The molecule has 1 aromatic heterocycles. The number of benzene rings is 1. The molecule has 0 aliphatic carbocycles. The van der Waals surface area contributed by atoms with Gasteiger partial charge < -0.3 is 10.6 Å². The topological polar surface area (TPSA) is 59.2 Å². The van der Waals surface area contributed by atoms with Crippen molar-refractivity contribution in [3.05, 3.63) is 58.9 Å². The molecule has 0 bridgehead atoms. The molecule has 1 aromatic carbocycles. The van der Waals surface area contributed by atoms with Crippen molar-refractivity contribution in [3.8, 4) is 0 Å². The van der Waals surface area contributed by atoms with Gasteiger partial charge in [-0.3, -0.25) is 4.79 Å². The molecular weight excluding hydrogens is 274 g/mol. The quantitative estimate of drug-likeness (QED) is 0.880. The van der Waals surface area contributed by atoms with Gasteiger partial charge in [-0.15, -0.1) is 0 Å². The number of pyridine rings is 1. The number of aromatic nitrogens is 1. The van der Waals surface area contributed by atoms with Crippen LogP contribution in [0.3, 0.4) is 0 Å². The molecule has 2 rings (SSSR count). The lowest BCUT2D eigenvalue weighted by atomic mass is 10.1. The van der Waals surface area contributed by atoms with Gasteiger partial charge in [0, 0.05) is 25.0 Å². The summed E-state index contributed by atoms with van der Waals surface area (Å²) in [5, 5.41) is 0.511. The van der Waals surface area contributed by atoms with Gasteiger partial charge in [-0.1, -0.05) is 29.8 Å². The lowest BCUT2D eigenvalue weighted by molar-refractivity contribution is 0.0747. The van der Waals surface area contributed by atoms with Crippen molar-refractivity contribution in [2.24, 2.45) is 0 Å². The molecule has 0 unspecified atom stereocenters. The SMILES string of the molecule is CCN(Cc1ccccc1N)C(=O)c1ccc(Cl)cn1. The van der Waals surface area contributed by atoms with Crippen LogP contribution >= 0.6 is 11.6 Å². The van der Waals surface area contributed by atoms with E-state index < -0.39 is 0 Å². The van der Waals surface area contributed by atoms with Gasteiger partial charge >= 0.3 is 0 Å². The second kappa shape index (κ2) is 6.39. The van der Waals surface area contributed by atoms with Gasteiger partial charge in [0.05, 0.1) is 5.02 Å². The first-order valence-corrected chi connectivity index (χ1v) is 6.73. The van der Waals surface area contributed by atoms with Crippen LogP contribution in [0.4, 0.5) is 5.69 Å². The largest absolute Gasteiger partial charge is 0.398 e. The van der Waals surface area contributed by atoms with E-state index >= 15 is 0 Å². The van der Waals surface area contributed by atoms with E-state index in [-0.39, 0.29) is 5.91 Å². The molecule has 4 nitrogen and oxygen atoms in total. The Hall–Kier alpha value is -2.07. The van der Waals surface area contributed by atoms with Crippen LogP contribution in [0.5, 0.6) is 0 Å². The molecule has 0 spiro atoms. The fourth-order valence-electron chi connectivity index (χ4n) is 1.88. The number of carbonyl (C=O) groups excluding carboxylic acids is 1. The van der Waals surface area contributed by atoms with Crippen LogP contribution in [0.25, 0.3) is 0 Å². The Bertz CT molecular complexity index is 598. The average molecular weight is 290 g/mol. The fraction of sp³-hybridized carbons (Fsp3) is 0.200. The molecule has 2 N–H and O–H groups in total. The van der Waals surface area contributed by atoms with Crippen LogP contribution < -0.4 is 5.73 Å². The maximum atomic E-state index is 12.4. The first-order chi connectivity index (χ1) is 9.61. The number of para-hydroxylation sites is 1. The van der Waals surface area contributed by atoms with Crippen LogP contribution in [0.2, 0.25) is 5.02 Å². The number of nitrogen functional groups attached to an aromatic ring is 1. The Morgan fingerprint density at radius 1 is 1.30 bits per heavy atom. The Kier molecular flexibility index (Phi) is 4.58. The van der Waals surface area contributed by atoms with E-state index in [2.05, 4.69) is 4.98 Å². The maximum absolute atomic E-state index is 12.4. The third-order valence-corrected chi connectivity index (χ3v) is 3.26. The normalized spacial score (nSPS) is 10.3. The summed E-state index contributed by atoms with van der Waals surface area (Å²) in [5.74, 6) is -0.132. The highest BCUT2D eigenvalue weighted by Crippen LogP contribution is 2.15. The van der Waals surface area contributed by atoms with E-state index in [9.17, 15) is 4.79 Å². The third-order valence-electron chi connectivity index (χ3n) is 3.03. The van der Waals surface area contributed by atoms with Crippen LogP contribution in [-0.2, 0) is 6.54 Å². The van der Waals surface area contributed by atoms with Crippen LogP contribution in [-0.4, -0.2) is 22.3 Å². The Labute approximate surface area is 123 Å². The number of rotatable bonds is 4. The van der Waals surface area contributed by atoms with Gasteiger partial charge in [-0.2, -0.15) is 0 Å². The highest BCUT2D eigenvalue weighted by atomic mass is 35.5. The molecule has 0 atom stereocenters. The van der Waals surface area contributed by atoms with Crippen molar-refractivity contribution in [3.63, 3.8) is 0 Å². The van der Waals surface area contributed by atoms with Crippen molar-refractivity contribution in [1.82, 2.24) is 9.88 Å². The van der Waals surface area contributed by atoms with E-state index in [0.717, 1.165) is 5.56 Å². The number of hydrogen-bond acceptors (Lipinski definition) is 3. The standard InChI is InChI=1S/C15H16ClN3O/c1-2-19(10-11-5-3-4-6-13(11)17)15(20)14-8-7-12(16)9-18-14/h3-9H,2,10,17H2,1H3. The first-order valence-electron chi connectivity index (χ1n) is 6.36. The van der Waals surface area contributed by atoms with Gasteiger partial charge in [0.1, 0.15) is 5.69 Å². The number of nitrogens with two attached hydrogens (primary N) is 1. The summed E-state index contributed by atoms with van der Waals surface area (Å²) >= 11 is 5.78. The second-order valence-electron chi connectivity index (χ2n) is 4.38. The fourth-order valence-corrected chi connectivity index (χ4v) is 1.99. The van der Waals surface area contributed by atoms with Crippen molar-refractivity contribution < 1.29 is 4.79 Å². The molecule has 1 amide bonds. The summed E-state index contributed by atoms with van der Waals surface area (Å²) < 4.78 is 0. The number of hydrogen-bond donors (Lipinski definition) is 1. The Morgan fingerprint density at radius 2 is 2.05 bits per heavy atom. The van der Waals surface area contributed by atoms with E-state index in [0.29, 0.717) is 29.5 Å². The number of anilines is 1. The molecule has 0 saturated heterocycles. The lowest BCUT2D eigenvalue weighted by Crippen LogP contribution is -2.31. The Balaban J connectivity index is 2.18. The smallest absolute Gasteiger partial charge is 0.272 e. The minimum absolute atomic E-state index is 0.132. The molecule has 20 heavy (non-hydrogen) atoms. The summed E-state index contributed by atoms with van der Waals surface area (Å²) in [6.07, 6.45) is 1.47. The summed E-state index contributed by atoms with van der Waals surface area (Å²) in [7, 11) is 0. The minimum Gasteiger partial charge on any atom is -0.398 e. The molecule has 0 aliphatic rings. The molecule has 0 aliphatic heterocycles. The zero-order valence-corrected chi connectivity index (χ0v) is 12.0. The number of nitrogens with zero attached hydrogens (tertiary/aromatic N) is 2. The highest BCUT2D eigenvalue weighted by molar-refractivity contribution is 6.30. The minimum atomic E-state index is -0.132. The first kappa shape index (κ1) is 14.3. The van der Waals surface area contributed by atoms with E-state index in [1.165, 1.54) is 6.20 Å². The van der Waals surface area contributed by atoms with E-state index in [1.54, 1.807) is 17.0 Å². The molecule has 1 heterocycles. The van der Waals surface area contributed by atoms with Crippen molar-refractivity contribution in [1.29, 1.82) is 0 Å². The monoisotopic (exact) mass is 289 g/mol. The van der Waals surface area contributed by atoms with Gasteiger partial charge in [0.15, 0.2) is 0 Å². The summed E-state index contributed by atoms with van der Waals surface area (Å²) in [5.41, 5.74) is 7.90. The Morgan fingerprint density at radius 3 is 2.65 bits per heavy atom. The van der Waals surface area contributed by atoms with E-state index in [4.69, 9.17) is 17.3 Å². The van der Waals surface area contributed by atoms with Crippen LogP contribution in [0.15, 0.2) is 42.6 Å². The van der Waals surface area contributed by atoms with Crippen molar-refractivity contribution >= 4 is 23.2 Å². The predicted molar refractivity (Wildman–Crippen MR) is 80.5 cm³/mol. The molecule has 0 saturated carbocycles. The molecule has 0 radical (unpaired) electrons. The second-order valence-corrected chi connectivity index (χ2v) is 4.82. The maximum Gasteiger partial charge on any atom is 0.272 e. The van der Waals surface area contributed by atoms with Gasteiger partial charge in [-0.05, 0) is 30.7 Å². The van der Waals surface area contributed by atoms with Crippen LogP contribution in [0, 0.1) is 0 Å². The van der Waals surface area contributed by atoms with Gasteiger partial charge in [0.25, 0.3) is 5.91 Å². The van der Waals surface area contributed by atoms with E-state index in [1.807, 2.05) is 31.2 Å². The van der Waals surface area contributed by atoms with Crippen LogP contribution in [0.1, 0.15) is 23.0 Å². The number of carbonyl (C=O) groups is 1. The summed E-state index contributed by atoms with van der Waals surface area (Å²) in [6.45, 7) is 2.97. The predicted octanol–water partition coefficient (Wildman–Crippen LogP) is 2.98. The van der Waals surface area contributed by atoms with Crippen molar-refractivity contribution in [2.45, 2.75) is 13.5 Å². The highest BCUT2D eigenvalue weighted by Gasteiger charge is 2.16. The molecule has 5 heteroatoms. The number of halogens is 1. The van der Waals surface area contributed by atoms with Gasteiger partial charge in [0.2, 0.25) is 0 Å². The van der Waals surface area contributed by atoms with Gasteiger partial charge in [-0.25, -0.2) is 4.98 Å². The molecule has 2 aromatic rings. The summed E-state index contributed by atoms with van der Waals surface area (Å²) in [4.78, 5) is 18.1.